The minimum absolute atomic E-state index is 0.955. The lowest BCUT2D eigenvalue weighted by atomic mass is 10.1. The van der Waals surface area contributed by atoms with Crippen molar-refractivity contribution in [1.29, 1.82) is 0 Å². The number of para-hydroxylation sites is 4. The van der Waals surface area contributed by atoms with Crippen LogP contribution in [0.3, 0.4) is 0 Å². The summed E-state index contributed by atoms with van der Waals surface area (Å²) < 4.78 is 0. The molecular weight excluding hydrogens is 400 g/mol. The molecule has 0 atom stereocenters. The van der Waals surface area contributed by atoms with Crippen LogP contribution < -0.4 is 9.80 Å². The quantitative estimate of drug-likeness (QED) is 0.268. The molecule has 5 aromatic carbocycles. The Morgan fingerprint density at radius 1 is 0.333 bits per heavy atom. The molecule has 0 aromatic heterocycles. The van der Waals surface area contributed by atoms with Crippen molar-refractivity contribution in [3.8, 4) is 0 Å². The molecule has 0 spiro atoms. The minimum atomic E-state index is 0.955. The van der Waals surface area contributed by atoms with Crippen LogP contribution in [0.2, 0.25) is 0 Å². The van der Waals surface area contributed by atoms with E-state index in [0.717, 1.165) is 39.7 Å². The lowest BCUT2D eigenvalue weighted by Crippen LogP contribution is -2.13. The third-order valence-electron chi connectivity index (χ3n) is 5.54. The average Bonchev–Trinajstić information content (AvgIpc) is 2.87. The zero-order valence-corrected chi connectivity index (χ0v) is 18.4. The Hall–Kier alpha value is -4.30. The van der Waals surface area contributed by atoms with Gasteiger partial charge in [-0.15, -0.1) is 0 Å². The predicted molar refractivity (Wildman–Crippen MR) is 140 cm³/mol. The first-order chi connectivity index (χ1) is 16.3. The van der Waals surface area contributed by atoms with Crippen molar-refractivity contribution in [2.75, 3.05) is 9.80 Å². The maximum absolute atomic E-state index is 4.33. The lowest BCUT2D eigenvalue weighted by Gasteiger charge is -2.30. The van der Waals surface area contributed by atoms with E-state index in [1.165, 1.54) is 0 Å². The molecule has 5 aromatic rings. The summed E-state index contributed by atoms with van der Waals surface area (Å²) >= 11 is 0. The van der Waals surface area contributed by atoms with Gasteiger partial charge in [0.05, 0.1) is 0 Å². The molecule has 0 aliphatic heterocycles. The van der Waals surface area contributed by atoms with Gasteiger partial charge in [-0.2, -0.15) is 0 Å². The highest BCUT2D eigenvalue weighted by Gasteiger charge is 2.17. The fraction of sp³-hybridized carbons (Fsp3) is 0. The van der Waals surface area contributed by atoms with Gasteiger partial charge in [-0.05, 0) is 79.2 Å². The Labute approximate surface area is 196 Å². The zero-order chi connectivity index (χ0) is 22.5. The lowest BCUT2D eigenvalue weighted by molar-refractivity contribution is 1.24. The SMILES string of the molecule is [CH2]c1cc(N(c2ccccc2)c2ccccc2)cc(N(c2ccccc2)c2ccccc2)c1. The molecule has 0 saturated carbocycles. The maximum Gasteiger partial charge on any atom is 0.0485 e. The largest absolute Gasteiger partial charge is 0.310 e. The Morgan fingerprint density at radius 3 is 0.879 bits per heavy atom. The molecule has 5 rings (SSSR count). The van der Waals surface area contributed by atoms with Gasteiger partial charge in [0.15, 0.2) is 0 Å². The molecule has 2 nitrogen and oxygen atoms in total. The van der Waals surface area contributed by atoms with Crippen LogP contribution in [0, 0.1) is 6.92 Å². The van der Waals surface area contributed by atoms with Gasteiger partial charge in [-0.1, -0.05) is 72.8 Å². The van der Waals surface area contributed by atoms with Gasteiger partial charge in [-0.25, -0.2) is 0 Å². The van der Waals surface area contributed by atoms with E-state index >= 15 is 0 Å². The Bertz CT molecular complexity index is 1120. The van der Waals surface area contributed by atoms with Crippen LogP contribution in [0.5, 0.6) is 0 Å². The van der Waals surface area contributed by atoms with Gasteiger partial charge in [0.25, 0.3) is 0 Å². The third-order valence-corrected chi connectivity index (χ3v) is 5.54. The molecule has 0 aliphatic rings. The fourth-order valence-electron chi connectivity index (χ4n) is 4.12. The third kappa shape index (κ3) is 4.51. The second kappa shape index (κ2) is 9.46. The van der Waals surface area contributed by atoms with Crippen LogP contribution in [0.15, 0.2) is 140 Å². The Morgan fingerprint density at radius 2 is 0.606 bits per heavy atom. The van der Waals surface area contributed by atoms with Crippen molar-refractivity contribution in [1.82, 2.24) is 0 Å². The first-order valence-electron chi connectivity index (χ1n) is 11.1. The number of hydrogen-bond acceptors (Lipinski definition) is 2. The molecule has 0 bridgehead atoms. The first kappa shape index (κ1) is 20.6. The van der Waals surface area contributed by atoms with Crippen molar-refractivity contribution >= 4 is 34.1 Å². The summed E-state index contributed by atoms with van der Waals surface area (Å²) in [4.78, 5) is 4.54. The van der Waals surface area contributed by atoms with E-state index in [-0.39, 0.29) is 0 Å². The average molecular weight is 426 g/mol. The van der Waals surface area contributed by atoms with Crippen LogP contribution in [0.4, 0.5) is 34.1 Å². The van der Waals surface area contributed by atoms with Crippen LogP contribution in [-0.2, 0) is 0 Å². The minimum Gasteiger partial charge on any atom is -0.310 e. The first-order valence-corrected chi connectivity index (χ1v) is 11.1. The number of nitrogens with zero attached hydrogens (tertiary/aromatic N) is 2. The van der Waals surface area contributed by atoms with Crippen molar-refractivity contribution in [2.24, 2.45) is 0 Å². The smallest absolute Gasteiger partial charge is 0.0485 e. The highest BCUT2D eigenvalue weighted by molar-refractivity contribution is 5.83. The summed E-state index contributed by atoms with van der Waals surface area (Å²) in [5.74, 6) is 0. The molecule has 1 radical (unpaired) electrons. The Balaban J connectivity index is 1.69. The van der Waals surface area contributed by atoms with Gasteiger partial charge >= 0.3 is 0 Å². The van der Waals surface area contributed by atoms with Crippen LogP contribution in [-0.4, -0.2) is 0 Å². The van der Waals surface area contributed by atoms with Crippen molar-refractivity contribution < 1.29 is 0 Å². The van der Waals surface area contributed by atoms with E-state index in [4.69, 9.17) is 0 Å². The zero-order valence-electron chi connectivity index (χ0n) is 18.4. The van der Waals surface area contributed by atoms with Crippen molar-refractivity contribution in [3.63, 3.8) is 0 Å². The molecule has 2 heteroatoms. The summed E-state index contributed by atoms with van der Waals surface area (Å²) in [6, 6.07) is 48.3. The molecule has 0 saturated heterocycles. The van der Waals surface area contributed by atoms with E-state index in [2.05, 4.69) is 132 Å². The fourth-order valence-corrected chi connectivity index (χ4v) is 4.12. The highest BCUT2D eigenvalue weighted by atomic mass is 15.2. The normalized spacial score (nSPS) is 10.6. The maximum atomic E-state index is 4.33. The summed E-state index contributed by atoms with van der Waals surface area (Å²) in [6.45, 7) is 4.33. The van der Waals surface area contributed by atoms with E-state index in [1.807, 2.05) is 24.3 Å². The van der Waals surface area contributed by atoms with Gasteiger partial charge < -0.3 is 9.80 Å². The molecule has 159 valence electrons. The molecule has 0 fully saturated rings. The standard InChI is InChI=1S/C31H25N2/c1-25-22-30(32(26-14-6-2-7-15-26)27-16-8-3-9-17-27)24-31(23-25)33(28-18-10-4-11-19-28)29-20-12-5-13-21-29/h2-24H,1H2. The molecule has 0 unspecified atom stereocenters. The number of anilines is 6. The van der Waals surface area contributed by atoms with Gasteiger partial charge in [0.2, 0.25) is 0 Å². The van der Waals surface area contributed by atoms with Crippen molar-refractivity contribution in [2.45, 2.75) is 0 Å². The summed E-state index contributed by atoms with van der Waals surface area (Å²) in [7, 11) is 0. The number of rotatable bonds is 6. The predicted octanol–water partition coefficient (Wildman–Crippen LogP) is 8.81. The van der Waals surface area contributed by atoms with E-state index < -0.39 is 0 Å². The van der Waals surface area contributed by atoms with E-state index in [1.54, 1.807) is 0 Å². The van der Waals surface area contributed by atoms with E-state index in [9.17, 15) is 0 Å². The van der Waals surface area contributed by atoms with E-state index in [0.29, 0.717) is 0 Å². The molecule has 33 heavy (non-hydrogen) atoms. The second-order valence-electron chi connectivity index (χ2n) is 7.87. The van der Waals surface area contributed by atoms with Crippen LogP contribution in [0.1, 0.15) is 5.56 Å². The number of benzene rings is 5. The van der Waals surface area contributed by atoms with Gasteiger partial charge in [-0.3, -0.25) is 0 Å². The van der Waals surface area contributed by atoms with Crippen molar-refractivity contribution in [3.05, 3.63) is 152 Å². The van der Waals surface area contributed by atoms with Gasteiger partial charge in [0.1, 0.15) is 0 Å². The molecule has 0 aliphatic carbocycles. The highest BCUT2D eigenvalue weighted by Crippen LogP contribution is 2.40. The van der Waals surface area contributed by atoms with Crippen LogP contribution >= 0.6 is 0 Å². The monoisotopic (exact) mass is 425 g/mol. The molecule has 0 heterocycles. The summed E-state index contributed by atoms with van der Waals surface area (Å²) in [5.41, 5.74) is 7.49. The summed E-state index contributed by atoms with van der Waals surface area (Å²) in [6.07, 6.45) is 0. The topological polar surface area (TPSA) is 6.48 Å². The van der Waals surface area contributed by atoms with Gasteiger partial charge in [0, 0.05) is 34.1 Å². The molecule has 0 N–H and O–H groups in total. The molecule has 0 amide bonds. The molecular formula is C31H25N2. The second-order valence-corrected chi connectivity index (χ2v) is 7.87. The summed E-state index contributed by atoms with van der Waals surface area (Å²) in [5, 5.41) is 0. The Kier molecular flexibility index (Phi) is 5.90. The number of hydrogen-bond donors (Lipinski definition) is 0. The van der Waals surface area contributed by atoms with Crippen LogP contribution in [0.25, 0.3) is 0 Å².